The van der Waals surface area contributed by atoms with Gasteiger partial charge in [-0.2, -0.15) is 5.10 Å². The number of aryl methyl sites for hydroxylation is 3. The van der Waals surface area contributed by atoms with Gasteiger partial charge in [-0.25, -0.2) is 15.8 Å². The second-order valence-corrected chi connectivity index (χ2v) is 5.93. The third-order valence-electron chi connectivity index (χ3n) is 3.43. The lowest BCUT2D eigenvalue weighted by Gasteiger charge is -2.07. The molecular weight excluding hydrogens is 272 g/mol. The second-order valence-electron chi connectivity index (χ2n) is 4.73. The van der Waals surface area contributed by atoms with E-state index in [4.69, 9.17) is 5.84 Å². The van der Waals surface area contributed by atoms with Crippen molar-refractivity contribution in [1.82, 2.24) is 19.7 Å². The largest absolute Gasteiger partial charge is 0.308 e. The number of nitrogen functional groups attached to an aromatic ring is 1. The van der Waals surface area contributed by atoms with Crippen LogP contribution in [-0.4, -0.2) is 19.7 Å². The number of aromatic nitrogens is 4. The number of hydrazine groups is 1. The van der Waals surface area contributed by atoms with E-state index in [-0.39, 0.29) is 0 Å². The Morgan fingerprint density at radius 1 is 1.30 bits per heavy atom. The van der Waals surface area contributed by atoms with Crippen molar-refractivity contribution in [1.29, 1.82) is 0 Å². The first-order chi connectivity index (χ1) is 9.60. The van der Waals surface area contributed by atoms with Crippen LogP contribution in [0.15, 0.2) is 12.3 Å². The number of nitrogens with one attached hydrogen (secondary N) is 1. The standard InChI is InChI=1S/C13H16N6S/c1-7-4-5-15-19(7)6-10-16-12(18-14)11-8(2)9(3)20-13(11)17-10/h4-5H,6,14H2,1-3H3,(H,16,17,18). The Labute approximate surface area is 120 Å². The zero-order valence-electron chi connectivity index (χ0n) is 11.6. The molecular formula is C13H16N6S. The first-order valence-corrected chi connectivity index (χ1v) is 7.13. The summed E-state index contributed by atoms with van der Waals surface area (Å²) in [7, 11) is 0. The second kappa shape index (κ2) is 4.84. The van der Waals surface area contributed by atoms with Gasteiger partial charge in [-0.3, -0.25) is 4.68 Å². The molecule has 3 aromatic heterocycles. The highest BCUT2D eigenvalue weighted by Crippen LogP contribution is 2.32. The number of nitrogens with zero attached hydrogens (tertiary/aromatic N) is 4. The Balaban J connectivity index is 2.11. The van der Waals surface area contributed by atoms with Crippen molar-refractivity contribution in [2.45, 2.75) is 27.3 Å². The SMILES string of the molecule is Cc1sc2nc(Cn3nccc3C)nc(NN)c2c1C. The monoisotopic (exact) mass is 288 g/mol. The molecule has 3 rings (SSSR count). The molecule has 0 saturated carbocycles. The van der Waals surface area contributed by atoms with Crippen LogP contribution in [0.3, 0.4) is 0 Å². The van der Waals surface area contributed by atoms with Crippen molar-refractivity contribution in [2.24, 2.45) is 5.84 Å². The summed E-state index contributed by atoms with van der Waals surface area (Å²) in [6.07, 6.45) is 1.77. The lowest BCUT2D eigenvalue weighted by Crippen LogP contribution is -2.13. The fourth-order valence-corrected chi connectivity index (χ4v) is 3.22. The Morgan fingerprint density at radius 2 is 2.10 bits per heavy atom. The Bertz CT molecular complexity index is 773. The number of hydrogen-bond acceptors (Lipinski definition) is 6. The van der Waals surface area contributed by atoms with Crippen molar-refractivity contribution < 1.29 is 0 Å². The zero-order chi connectivity index (χ0) is 14.3. The number of rotatable bonds is 3. The minimum absolute atomic E-state index is 0.541. The van der Waals surface area contributed by atoms with E-state index in [1.807, 2.05) is 17.7 Å². The maximum Gasteiger partial charge on any atom is 0.153 e. The third-order valence-corrected chi connectivity index (χ3v) is 4.53. The first kappa shape index (κ1) is 13.0. The molecule has 20 heavy (non-hydrogen) atoms. The van der Waals surface area contributed by atoms with Crippen LogP contribution in [-0.2, 0) is 6.54 Å². The number of nitrogens with two attached hydrogens (primary N) is 1. The van der Waals surface area contributed by atoms with E-state index in [1.165, 1.54) is 10.4 Å². The Kier molecular flexibility index (Phi) is 3.15. The molecule has 3 aromatic rings. The molecule has 7 heteroatoms. The molecule has 3 heterocycles. The highest BCUT2D eigenvalue weighted by atomic mass is 32.1. The molecule has 0 bridgehead atoms. The molecule has 0 amide bonds. The fraction of sp³-hybridized carbons (Fsp3) is 0.308. The quantitative estimate of drug-likeness (QED) is 0.570. The van der Waals surface area contributed by atoms with Crippen LogP contribution in [0.2, 0.25) is 0 Å². The summed E-state index contributed by atoms with van der Waals surface area (Å²) in [5, 5.41) is 5.27. The summed E-state index contributed by atoms with van der Waals surface area (Å²) in [5.41, 5.74) is 4.94. The third kappa shape index (κ3) is 2.04. The summed E-state index contributed by atoms with van der Waals surface area (Å²) < 4.78 is 1.87. The van der Waals surface area contributed by atoms with Crippen LogP contribution < -0.4 is 11.3 Å². The van der Waals surface area contributed by atoms with Crippen LogP contribution in [0.1, 0.15) is 22.0 Å². The van der Waals surface area contributed by atoms with Gasteiger partial charge in [0.15, 0.2) is 11.6 Å². The van der Waals surface area contributed by atoms with Gasteiger partial charge in [0.05, 0.1) is 5.39 Å². The van der Waals surface area contributed by atoms with Crippen molar-refractivity contribution in [3.63, 3.8) is 0 Å². The number of hydrogen-bond donors (Lipinski definition) is 2. The van der Waals surface area contributed by atoms with Gasteiger partial charge >= 0.3 is 0 Å². The summed E-state index contributed by atoms with van der Waals surface area (Å²) >= 11 is 1.66. The van der Waals surface area contributed by atoms with Gasteiger partial charge in [0.25, 0.3) is 0 Å². The van der Waals surface area contributed by atoms with E-state index in [9.17, 15) is 0 Å². The molecule has 0 radical (unpaired) electrons. The van der Waals surface area contributed by atoms with Gasteiger partial charge in [0, 0.05) is 16.8 Å². The predicted molar refractivity (Wildman–Crippen MR) is 80.8 cm³/mol. The van der Waals surface area contributed by atoms with Gasteiger partial charge in [0.2, 0.25) is 0 Å². The molecule has 104 valence electrons. The van der Waals surface area contributed by atoms with Gasteiger partial charge in [0.1, 0.15) is 11.4 Å². The molecule has 0 saturated heterocycles. The van der Waals surface area contributed by atoms with E-state index in [0.29, 0.717) is 18.2 Å². The van der Waals surface area contributed by atoms with Crippen LogP contribution >= 0.6 is 11.3 Å². The maximum atomic E-state index is 5.61. The summed E-state index contributed by atoms with van der Waals surface area (Å²) in [6.45, 7) is 6.70. The Morgan fingerprint density at radius 3 is 2.75 bits per heavy atom. The van der Waals surface area contributed by atoms with Crippen molar-refractivity contribution in [2.75, 3.05) is 5.43 Å². The topological polar surface area (TPSA) is 81.7 Å². The fourth-order valence-electron chi connectivity index (χ4n) is 2.17. The minimum atomic E-state index is 0.541. The van der Waals surface area contributed by atoms with Crippen molar-refractivity contribution >= 4 is 27.4 Å². The molecule has 0 spiro atoms. The van der Waals surface area contributed by atoms with E-state index in [0.717, 1.165) is 15.9 Å². The molecule has 0 unspecified atom stereocenters. The molecule has 0 fully saturated rings. The van der Waals surface area contributed by atoms with Crippen LogP contribution in [0.5, 0.6) is 0 Å². The zero-order valence-corrected chi connectivity index (χ0v) is 12.5. The molecule has 6 nitrogen and oxygen atoms in total. The van der Waals surface area contributed by atoms with Crippen LogP contribution in [0.25, 0.3) is 10.2 Å². The summed E-state index contributed by atoms with van der Waals surface area (Å²) in [6, 6.07) is 1.96. The molecule has 0 aliphatic heterocycles. The maximum absolute atomic E-state index is 5.61. The van der Waals surface area contributed by atoms with E-state index in [1.54, 1.807) is 17.5 Å². The highest BCUT2D eigenvalue weighted by Gasteiger charge is 2.14. The Hall–Kier alpha value is -1.99. The van der Waals surface area contributed by atoms with E-state index in [2.05, 4.69) is 34.3 Å². The van der Waals surface area contributed by atoms with Gasteiger partial charge in [-0.15, -0.1) is 11.3 Å². The average molecular weight is 288 g/mol. The molecule has 3 N–H and O–H groups in total. The van der Waals surface area contributed by atoms with Gasteiger partial charge in [-0.05, 0) is 32.4 Å². The lowest BCUT2D eigenvalue weighted by molar-refractivity contribution is 0.640. The van der Waals surface area contributed by atoms with Gasteiger partial charge in [-0.1, -0.05) is 0 Å². The summed E-state index contributed by atoms with van der Waals surface area (Å²) in [4.78, 5) is 11.3. The number of thiophene rings is 1. The molecule has 0 atom stereocenters. The lowest BCUT2D eigenvalue weighted by atomic mass is 10.2. The predicted octanol–water partition coefficient (Wildman–Crippen LogP) is 2.15. The minimum Gasteiger partial charge on any atom is -0.308 e. The number of anilines is 1. The van der Waals surface area contributed by atoms with Crippen LogP contribution in [0.4, 0.5) is 5.82 Å². The van der Waals surface area contributed by atoms with E-state index < -0.39 is 0 Å². The highest BCUT2D eigenvalue weighted by molar-refractivity contribution is 7.18. The van der Waals surface area contributed by atoms with E-state index >= 15 is 0 Å². The summed E-state index contributed by atoms with van der Waals surface area (Å²) in [5.74, 6) is 6.99. The normalized spacial score (nSPS) is 11.2. The smallest absolute Gasteiger partial charge is 0.153 e. The van der Waals surface area contributed by atoms with Gasteiger partial charge < -0.3 is 5.43 Å². The molecule has 0 aromatic carbocycles. The molecule has 0 aliphatic rings. The van der Waals surface area contributed by atoms with Crippen LogP contribution in [0, 0.1) is 20.8 Å². The number of fused-ring (bicyclic) bond motifs is 1. The van der Waals surface area contributed by atoms with Crippen molar-refractivity contribution in [3.8, 4) is 0 Å². The molecule has 0 aliphatic carbocycles. The first-order valence-electron chi connectivity index (χ1n) is 6.31. The average Bonchev–Trinajstić information content (AvgIpc) is 2.94. The van der Waals surface area contributed by atoms with Crippen molar-refractivity contribution in [3.05, 3.63) is 34.2 Å².